The standard InChI is InChI=1S/C19H29O6P/c1-4-18(22)24-19(15(2)3)25-26(23,14-17(20)21)13-9-8-12-16-10-6-5-7-11-16/h5-7,10-11,15,19H,4,8-9,12-14H2,1-3H3,(H,20,21)/t19-,26?/m0/s1. The summed E-state index contributed by atoms with van der Waals surface area (Å²) in [7, 11) is -3.45. The molecule has 6 nitrogen and oxygen atoms in total. The molecular weight excluding hydrogens is 355 g/mol. The molecule has 1 aromatic rings. The molecule has 1 unspecified atom stereocenters. The van der Waals surface area contributed by atoms with Crippen molar-refractivity contribution in [1.82, 2.24) is 0 Å². The van der Waals surface area contributed by atoms with E-state index in [4.69, 9.17) is 14.4 Å². The topological polar surface area (TPSA) is 89.9 Å². The summed E-state index contributed by atoms with van der Waals surface area (Å²) in [5.74, 6) is -1.87. The van der Waals surface area contributed by atoms with Gasteiger partial charge in [-0.15, -0.1) is 0 Å². The number of carbonyl (C=O) groups excluding carboxylic acids is 1. The highest BCUT2D eigenvalue weighted by atomic mass is 31.2. The second kappa shape index (κ2) is 11.1. The van der Waals surface area contributed by atoms with Crippen molar-refractivity contribution in [2.75, 3.05) is 12.3 Å². The van der Waals surface area contributed by atoms with Crippen LogP contribution in [0.25, 0.3) is 0 Å². The Morgan fingerprint density at radius 3 is 2.35 bits per heavy atom. The third kappa shape index (κ3) is 8.63. The van der Waals surface area contributed by atoms with Crippen molar-refractivity contribution < 1.29 is 28.5 Å². The normalized spacial score (nSPS) is 14.6. The highest BCUT2D eigenvalue weighted by molar-refractivity contribution is 7.59. The molecule has 0 aliphatic carbocycles. The lowest BCUT2D eigenvalue weighted by Crippen LogP contribution is -2.27. The Morgan fingerprint density at radius 1 is 1.15 bits per heavy atom. The van der Waals surface area contributed by atoms with Crippen LogP contribution in [-0.2, 0) is 29.8 Å². The largest absolute Gasteiger partial charge is 0.481 e. The molecule has 0 saturated heterocycles. The molecule has 0 heterocycles. The van der Waals surface area contributed by atoms with E-state index in [1.165, 1.54) is 5.56 Å². The van der Waals surface area contributed by atoms with E-state index in [1.54, 1.807) is 20.8 Å². The smallest absolute Gasteiger partial charge is 0.313 e. The fourth-order valence-corrected chi connectivity index (χ4v) is 4.50. The van der Waals surface area contributed by atoms with Gasteiger partial charge in [-0.3, -0.25) is 18.7 Å². The number of carbonyl (C=O) groups is 2. The van der Waals surface area contributed by atoms with Crippen LogP contribution in [0.15, 0.2) is 30.3 Å². The van der Waals surface area contributed by atoms with E-state index < -0.39 is 31.8 Å². The summed E-state index contributed by atoms with van der Waals surface area (Å²) in [5, 5.41) is 9.10. The van der Waals surface area contributed by atoms with Gasteiger partial charge in [0.15, 0.2) is 0 Å². The average molecular weight is 384 g/mol. The summed E-state index contributed by atoms with van der Waals surface area (Å²) in [4.78, 5) is 22.7. The third-order valence-electron chi connectivity index (χ3n) is 3.81. The van der Waals surface area contributed by atoms with Crippen molar-refractivity contribution in [1.29, 1.82) is 0 Å². The summed E-state index contributed by atoms with van der Waals surface area (Å²) >= 11 is 0. The molecule has 0 aromatic heterocycles. The van der Waals surface area contributed by atoms with Gasteiger partial charge >= 0.3 is 11.9 Å². The molecule has 0 spiro atoms. The molecule has 1 aromatic carbocycles. The van der Waals surface area contributed by atoms with Gasteiger partial charge in [-0.05, 0) is 24.8 Å². The maximum Gasteiger partial charge on any atom is 0.313 e. The monoisotopic (exact) mass is 384 g/mol. The molecule has 7 heteroatoms. The van der Waals surface area contributed by atoms with E-state index in [0.29, 0.717) is 6.42 Å². The first-order valence-electron chi connectivity index (χ1n) is 8.97. The predicted octanol–water partition coefficient (Wildman–Crippen LogP) is 4.32. The number of benzene rings is 1. The van der Waals surface area contributed by atoms with Crippen LogP contribution in [0.4, 0.5) is 0 Å². The first-order chi connectivity index (χ1) is 12.3. The molecule has 2 atom stereocenters. The Kier molecular flexibility index (Phi) is 9.60. The molecule has 26 heavy (non-hydrogen) atoms. The number of ether oxygens (including phenoxy) is 1. The molecule has 0 aliphatic rings. The highest BCUT2D eigenvalue weighted by Crippen LogP contribution is 2.49. The molecular formula is C19H29O6P. The number of rotatable bonds is 12. The Hall–Kier alpha value is -1.65. The summed E-state index contributed by atoms with van der Waals surface area (Å²) < 4.78 is 23.8. The van der Waals surface area contributed by atoms with Crippen LogP contribution in [0.3, 0.4) is 0 Å². The van der Waals surface area contributed by atoms with Gasteiger partial charge in [0.05, 0.1) is 0 Å². The van der Waals surface area contributed by atoms with Crippen LogP contribution in [0.2, 0.25) is 0 Å². The maximum atomic E-state index is 13.0. The summed E-state index contributed by atoms with van der Waals surface area (Å²) in [6, 6.07) is 9.91. The number of carboxylic acid groups (broad SMARTS) is 1. The fraction of sp³-hybridized carbons (Fsp3) is 0.579. The zero-order valence-corrected chi connectivity index (χ0v) is 16.6. The van der Waals surface area contributed by atoms with Crippen LogP contribution in [0, 0.1) is 5.92 Å². The Labute approximate surface area is 155 Å². The van der Waals surface area contributed by atoms with Crippen LogP contribution >= 0.6 is 7.37 Å². The van der Waals surface area contributed by atoms with E-state index in [9.17, 15) is 14.2 Å². The second-order valence-electron chi connectivity index (χ2n) is 6.59. The van der Waals surface area contributed by atoms with Crippen LogP contribution in [0.1, 0.15) is 45.6 Å². The van der Waals surface area contributed by atoms with Crippen LogP contribution < -0.4 is 0 Å². The fourth-order valence-electron chi connectivity index (χ4n) is 2.38. The molecule has 0 amide bonds. The lowest BCUT2D eigenvalue weighted by Gasteiger charge is -2.26. The van der Waals surface area contributed by atoms with E-state index in [1.807, 2.05) is 30.3 Å². The quantitative estimate of drug-likeness (QED) is 0.250. The van der Waals surface area contributed by atoms with Gasteiger partial charge in [0.25, 0.3) is 0 Å². The van der Waals surface area contributed by atoms with Gasteiger partial charge in [-0.1, -0.05) is 51.1 Å². The SMILES string of the molecule is CCC(=O)O[C@@H](OP(=O)(CCCCc1ccccc1)CC(=O)O)C(C)C. The molecule has 1 N–H and O–H groups in total. The van der Waals surface area contributed by atoms with E-state index in [2.05, 4.69) is 0 Å². The molecule has 0 bridgehead atoms. The van der Waals surface area contributed by atoms with Gasteiger partial charge in [0, 0.05) is 18.5 Å². The van der Waals surface area contributed by atoms with E-state index >= 15 is 0 Å². The number of hydrogen-bond donors (Lipinski definition) is 1. The molecule has 0 radical (unpaired) electrons. The van der Waals surface area contributed by atoms with Crippen LogP contribution in [-0.4, -0.2) is 35.7 Å². The molecule has 0 aliphatic heterocycles. The maximum absolute atomic E-state index is 13.0. The molecule has 146 valence electrons. The minimum atomic E-state index is -3.45. The minimum Gasteiger partial charge on any atom is -0.481 e. The summed E-state index contributed by atoms with van der Waals surface area (Å²) in [6.45, 7) is 5.20. The number of aliphatic carboxylic acids is 1. The first-order valence-corrected chi connectivity index (χ1v) is 11.0. The number of hydrogen-bond acceptors (Lipinski definition) is 5. The molecule has 0 fully saturated rings. The summed E-state index contributed by atoms with van der Waals surface area (Å²) in [5.41, 5.74) is 1.18. The van der Waals surface area contributed by atoms with Crippen LogP contribution in [0.5, 0.6) is 0 Å². The van der Waals surface area contributed by atoms with Gasteiger partial charge in [0.2, 0.25) is 13.7 Å². The Bertz CT molecular complexity index is 614. The lowest BCUT2D eigenvalue weighted by atomic mass is 10.1. The molecule has 1 rings (SSSR count). The van der Waals surface area contributed by atoms with Gasteiger partial charge in [-0.2, -0.15) is 0 Å². The number of carboxylic acids is 1. The van der Waals surface area contributed by atoms with Gasteiger partial charge in [-0.25, -0.2) is 0 Å². The zero-order chi connectivity index (χ0) is 19.6. The van der Waals surface area contributed by atoms with E-state index in [0.717, 1.165) is 12.8 Å². The number of unbranched alkanes of at least 4 members (excludes halogenated alkanes) is 1. The molecule has 0 saturated carbocycles. The number of esters is 1. The highest BCUT2D eigenvalue weighted by Gasteiger charge is 2.33. The van der Waals surface area contributed by atoms with Crippen molar-refractivity contribution in [2.24, 2.45) is 5.92 Å². The van der Waals surface area contributed by atoms with Crippen molar-refractivity contribution in [3.05, 3.63) is 35.9 Å². The Balaban J connectivity index is 2.67. The van der Waals surface area contributed by atoms with Crippen molar-refractivity contribution in [3.8, 4) is 0 Å². The average Bonchev–Trinajstić information content (AvgIpc) is 2.58. The van der Waals surface area contributed by atoms with Crippen molar-refractivity contribution in [3.63, 3.8) is 0 Å². The van der Waals surface area contributed by atoms with Crippen molar-refractivity contribution >= 4 is 19.3 Å². The number of aryl methyl sites for hydroxylation is 1. The van der Waals surface area contributed by atoms with Gasteiger partial charge < -0.3 is 9.84 Å². The third-order valence-corrected chi connectivity index (χ3v) is 6.15. The first kappa shape index (κ1) is 22.4. The predicted molar refractivity (Wildman–Crippen MR) is 100 cm³/mol. The van der Waals surface area contributed by atoms with Crippen molar-refractivity contribution in [2.45, 2.75) is 52.7 Å². The zero-order valence-electron chi connectivity index (χ0n) is 15.7. The van der Waals surface area contributed by atoms with E-state index in [-0.39, 0.29) is 18.5 Å². The van der Waals surface area contributed by atoms with Gasteiger partial charge in [0.1, 0.15) is 6.16 Å². The lowest BCUT2D eigenvalue weighted by molar-refractivity contribution is -0.169. The minimum absolute atomic E-state index is 0.152. The second-order valence-corrected chi connectivity index (χ2v) is 9.20. The summed E-state index contributed by atoms with van der Waals surface area (Å²) in [6.07, 6.45) is 0.940. The Morgan fingerprint density at radius 2 is 1.81 bits per heavy atom.